The normalized spacial score (nSPS) is 18.6. The lowest BCUT2D eigenvalue weighted by Crippen LogP contribution is -2.43. The molecule has 1 fully saturated rings. The molecule has 16 heavy (non-hydrogen) atoms. The van der Waals surface area contributed by atoms with Gasteiger partial charge in [0, 0.05) is 5.54 Å². The molecule has 0 radical (unpaired) electrons. The number of amides is 1. The highest BCUT2D eigenvalue weighted by Crippen LogP contribution is 2.29. The number of hydrogen-bond acceptors (Lipinski definition) is 3. The topological polar surface area (TPSA) is 68.3 Å². The first kappa shape index (κ1) is 11.2. The van der Waals surface area contributed by atoms with Gasteiger partial charge in [0.15, 0.2) is 5.76 Å². The van der Waals surface area contributed by atoms with Gasteiger partial charge in [-0.1, -0.05) is 12.8 Å². The summed E-state index contributed by atoms with van der Waals surface area (Å²) in [6.07, 6.45) is 4.46. The van der Waals surface area contributed by atoms with E-state index in [9.17, 15) is 4.79 Å². The Kier molecular flexibility index (Phi) is 3.01. The summed E-state index contributed by atoms with van der Waals surface area (Å²) in [6.45, 7) is 2.41. The Hall–Kier alpha value is -1.29. The quantitative estimate of drug-likeness (QED) is 0.819. The molecule has 0 saturated heterocycles. The summed E-state index contributed by atoms with van der Waals surface area (Å²) in [6, 6.07) is 3.42. The average molecular weight is 222 g/mol. The van der Waals surface area contributed by atoms with E-state index in [1.807, 2.05) is 0 Å². The van der Waals surface area contributed by atoms with Crippen LogP contribution < -0.4 is 11.1 Å². The molecule has 0 aromatic carbocycles. The van der Waals surface area contributed by atoms with E-state index in [0.29, 0.717) is 18.1 Å². The van der Waals surface area contributed by atoms with Gasteiger partial charge in [0.1, 0.15) is 5.76 Å². The van der Waals surface area contributed by atoms with Gasteiger partial charge in [0.2, 0.25) is 0 Å². The van der Waals surface area contributed by atoms with Crippen molar-refractivity contribution in [3.05, 3.63) is 23.7 Å². The second-order valence-electron chi connectivity index (χ2n) is 4.69. The first-order valence-electron chi connectivity index (χ1n) is 5.74. The second kappa shape index (κ2) is 4.29. The standard InChI is InChI=1S/C12H18N2O2/c1-12(6-2-3-7-12)14-11(15)10-5-4-9(8-13)16-10/h4-5H,2-3,6-8,13H2,1H3,(H,14,15). The Morgan fingerprint density at radius 3 is 2.75 bits per heavy atom. The van der Waals surface area contributed by atoms with Gasteiger partial charge >= 0.3 is 0 Å². The third-order valence-corrected chi connectivity index (χ3v) is 3.21. The molecule has 3 N–H and O–H groups in total. The van der Waals surface area contributed by atoms with Crippen molar-refractivity contribution in [1.82, 2.24) is 5.32 Å². The van der Waals surface area contributed by atoms with Crippen LogP contribution in [0.2, 0.25) is 0 Å². The van der Waals surface area contributed by atoms with Crippen LogP contribution in [-0.2, 0) is 6.54 Å². The maximum atomic E-state index is 11.9. The van der Waals surface area contributed by atoms with Crippen LogP contribution >= 0.6 is 0 Å². The van der Waals surface area contributed by atoms with Crippen LogP contribution in [0.3, 0.4) is 0 Å². The molecule has 0 bridgehead atoms. The predicted octanol–water partition coefficient (Wildman–Crippen LogP) is 1.80. The van der Waals surface area contributed by atoms with E-state index in [1.54, 1.807) is 12.1 Å². The van der Waals surface area contributed by atoms with Crippen molar-refractivity contribution >= 4 is 5.91 Å². The zero-order valence-electron chi connectivity index (χ0n) is 9.58. The highest BCUT2D eigenvalue weighted by Gasteiger charge is 2.31. The van der Waals surface area contributed by atoms with Crippen LogP contribution in [0.5, 0.6) is 0 Å². The highest BCUT2D eigenvalue weighted by molar-refractivity contribution is 5.92. The summed E-state index contributed by atoms with van der Waals surface area (Å²) in [7, 11) is 0. The number of hydrogen-bond donors (Lipinski definition) is 2. The fraction of sp³-hybridized carbons (Fsp3) is 0.583. The third kappa shape index (κ3) is 2.27. The first-order valence-corrected chi connectivity index (χ1v) is 5.74. The summed E-state index contributed by atoms with van der Waals surface area (Å²) in [5.74, 6) is 0.861. The lowest BCUT2D eigenvalue weighted by molar-refractivity contribution is 0.0877. The summed E-state index contributed by atoms with van der Waals surface area (Å²) in [4.78, 5) is 11.9. The zero-order chi connectivity index (χ0) is 11.6. The average Bonchev–Trinajstić information content (AvgIpc) is 2.86. The number of nitrogens with one attached hydrogen (secondary N) is 1. The van der Waals surface area contributed by atoms with Gasteiger partial charge in [-0.15, -0.1) is 0 Å². The minimum Gasteiger partial charge on any atom is -0.455 e. The third-order valence-electron chi connectivity index (χ3n) is 3.21. The molecule has 1 amide bonds. The van der Waals surface area contributed by atoms with Crippen molar-refractivity contribution in [1.29, 1.82) is 0 Å². The van der Waals surface area contributed by atoms with Crippen molar-refractivity contribution in [2.24, 2.45) is 5.73 Å². The SMILES string of the molecule is CC1(NC(=O)c2ccc(CN)o2)CCCC1. The number of furan rings is 1. The Labute approximate surface area is 95.2 Å². The minimum atomic E-state index is -0.135. The summed E-state index contributed by atoms with van der Waals surface area (Å²) >= 11 is 0. The molecule has 0 aliphatic heterocycles. The fourth-order valence-corrected chi connectivity index (χ4v) is 2.23. The maximum absolute atomic E-state index is 11.9. The molecule has 0 unspecified atom stereocenters. The van der Waals surface area contributed by atoms with Crippen molar-refractivity contribution in [3.63, 3.8) is 0 Å². The molecule has 0 atom stereocenters. The van der Waals surface area contributed by atoms with Gasteiger partial charge < -0.3 is 15.5 Å². The zero-order valence-corrected chi connectivity index (χ0v) is 9.58. The molecule has 4 heteroatoms. The Bertz CT molecular complexity index is 378. The first-order chi connectivity index (χ1) is 7.63. The largest absolute Gasteiger partial charge is 0.455 e. The van der Waals surface area contributed by atoms with Crippen LogP contribution in [0.25, 0.3) is 0 Å². The van der Waals surface area contributed by atoms with E-state index in [0.717, 1.165) is 12.8 Å². The van der Waals surface area contributed by atoms with E-state index in [-0.39, 0.29) is 11.4 Å². The van der Waals surface area contributed by atoms with E-state index < -0.39 is 0 Å². The van der Waals surface area contributed by atoms with Crippen LogP contribution in [0.1, 0.15) is 48.9 Å². The smallest absolute Gasteiger partial charge is 0.287 e. The van der Waals surface area contributed by atoms with E-state index in [2.05, 4.69) is 12.2 Å². The summed E-state index contributed by atoms with van der Waals surface area (Å²) < 4.78 is 5.31. The Morgan fingerprint density at radius 1 is 1.50 bits per heavy atom. The fourth-order valence-electron chi connectivity index (χ4n) is 2.23. The van der Waals surface area contributed by atoms with Gasteiger partial charge in [-0.3, -0.25) is 4.79 Å². The molecule has 4 nitrogen and oxygen atoms in total. The van der Waals surface area contributed by atoms with Gasteiger partial charge in [0.05, 0.1) is 6.54 Å². The van der Waals surface area contributed by atoms with Crippen LogP contribution in [-0.4, -0.2) is 11.4 Å². The molecule has 1 aromatic rings. The van der Waals surface area contributed by atoms with E-state index in [4.69, 9.17) is 10.2 Å². The molecule has 1 aromatic heterocycles. The monoisotopic (exact) mass is 222 g/mol. The maximum Gasteiger partial charge on any atom is 0.287 e. The molecule has 2 rings (SSSR count). The lowest BCUT2D eigenvalue weighted by atomic mass is 10.0. The molecule has 1 aliphatic carbocycles. The molecule has 1 aliphatic rings. The summed E-state index contributed by atoms with van der Waals surface area (Å²) in [5.41, 5.74) is 5.36. The molecular weight excluding hydrogens is 204 g/mol. The molecular formula is C12H18N2O2. The minimum absolute atomic E-state index is 0.0627. The number of rotatable bonds is 3. The predicted molar refractivity (Wildman–Crippen MR) is 60.9 cm³/mol. The van der Waals surface area contributed by atoms with Gasteiger partial charge in [0.25, 0.3) is 5.91 Å². The van der Waals surface area contributed by atoms with Crippen LogP contribution in [0.4, 0.5) is 0 Å². The van der Waals surface area contributed by atoms with Gasteiger partial charge in [-0.25, -0.2) is 0 Å². The molecule has 1 saturated carbocycles. The van der Waals surface area contributed by atoms with Crippen molar-refractivity contribution in [2.75, 3.05) is 0 Å². The van der Waals surface area contributed by atoms with Crippen LogP contribution in [0, 0.1) is 0 Å². The van der Waals surface area contributed by atoms with E-state index in [1.165, 1.54) is 12.8 Å². The van der Waals surface area contributed by atoms with Crippen molar-refractivity contribution < 1.29 is 9.21 Å². The van der Waals surface area contributed by atoms with E-state index >= 15 is 0 Å². The van der Waals surface area contributed by atoms with Crippen molar-refractivity contribution in [2.45, 2.75) is 44.7 Å². The summed E-state index contributed by atoms with van der Waals surface area (Å²) in [5, 5.41) is 3.04. The van der Waals surface area contributed by atoms with Gasteiger partial charge in [-0.05, 0) is 31.9 Å². The second-order valence-corrected chi connectivity index (χ2v) is 4.69. The number of nitrogens with two attached hydrogens (primary N) is 1. The van der Waals surface area contributed by atoms with Crippen molar-refractivity contribution in [3.8, 4) is 0 Å². The molecule has 1 heterocycles. The highest BCUT2D eigenvalue weighted by atomic mass is 16.4. The number of carbonyl (C=O) groups is 1. The molecule has 88 valence electrons. The van der Waals surface area contributed by atoms with Crippen LogP contribution in [0.15, 0.2) is 16.5 Å². The molecule has 0 spiro atoms. The Balaban J connectivity index is 2.02. The van der Waals surface area contributed by atoms with Gasteiger partial charge in [-0.2, -0.15) is 0 Å². The lowest BCUT2D eigenvalue weighted by Gasteiger charge is -2.24. The Morgan fingerprint density at radius 2 is 2.19 bits per heavy atom. The number of carbonyl (C=O) groups excluding carboxylic acids is 1.